The third-order valence-corrected chi connectivity index (χ3v) is 4.18. The summed E-state index contributed by atoms with van der Waals surface area (Å²) in [4.78, 5) is 4.28. The van der Waals surface area contributed by atoms with Gasteiger partial charge in [-0.05, 0) is 48.1 Å². The Balaban J connectivity index is 1.46. The van der Waals surface area contributed by atoms with Gasteiger partial charge in [0.05, 0.1) is 0 Å². The number of nitrogens with zero attached hydrogens (tertiary/aromatic N) is 2. The molecule has 4 nitrogen and oxygen atoms in total. The average Bonchev–Trinajstić information content (AvgIpc) is 3.21. The Hall–Kier alpha value is -2.23. The van der Waals surface area contributed by atoms with Gasteiger partial charge in [-0.15, -0.1) is 0 Å². The number of hydrogen-bond donors (Lipinski definition) is 2. The van der Waals surface area contributed by atoms with Gasteiger partial charge in [0.25, 0.3) is 0 Å². The molecule has 1 aromatic heterocycles. The molecular formula is C18H24N4. The Morgan fingerprint density at radius 3 is 2.77 bits per heavy atom. The highest BCUT2D eigenvalue weighted by atomic mass is 15.2. The smallest absolute Gasteiger partial charge is 0.191 e. The van der Waals surface area contributed by atoms with E-state index in [-0.39, 0.29) is 0 Å². The molecule has 2 N–H and O–H groups in total. The van der Waals surface area contributed by atoms with Gasteiger partial charge < -0.3 is 15.2 Å². The average molecular weight is 296 g/mol. The van der Waals surface area contributed by atoms with E-state index in [1.807, 2.05) is 19.2 Å². The van der Waals surface area contributed by atoms with E-state index >= 15 is 0 Å². The first-order valence-electron chi connectivity index (χ1n) is 8.01. The molecule has 0 saturated carbocycles. The molecule has 0 atom stereocenters. The minimum atomic E-state index is 0.816. The third kappa shape index (κ3) is 3.70. The highest BCUT2D eigenvalue weighted by molar-refractivity contribution is 5.79. The fourth-order valence-electron chi connectivity index (χ4n) is 2.96. The van der Waals surface area contributed by atoms with Gasteiger partial charge in [0, 0.05) is 39.1 Å². The molecular weight excluding hydrogens is 272 g/mol. The fourth-order valence-corrected chi connectivity index (χ4v) is 2.96. The Bertz CT molecular complexity index is 629. The van der Waals surface area contributed by atoms with Gasteiger partial charge in [-0.2, -0.15) is 0 Å². The van der Waals surface area contributed by atoms with E-state index in [0.717, 1.165) is 25.6 Å². The van der Waals surface area contributed by atoms with E-state index in [1.165, 1.54) is 36.0 Å². The quantitative estimate of drug-likeness (QED) is 0.657. The summed E-state index contributed by atoms with van der Waals surface area (Å²) in [6.45, 7) is 2.61. The van der Waals surface area contributed by atoms with Gasteiger partial charge >= 0.3 is 0 Å². The largest absolute Gasteiger partial charge is 0.355 e. The number of aromatic nitrogens is 1. The van der Waals surface area contributed by atoms with Crippen LogP contribution in [0, 0.1) is 0 Å². The maximum absolute atomic E-state index is 4.28. The fraction of sp³-hybridized carbons (Fsp3) is 0.389. The predicted octanol–water partition coefficient (Wildman–Crippen LogP) is 2.34. The zero-order chi connectivity index (χ0) is 15.2. The summed E-state index contributed by atoms with van der Waals surface area (Å²) in [6.07, 6.45) is 7.92. The maximum Gasteiger partial charge on any atom is 0.191 e. The van der Waals surface area contributed by atoms with Crippen LogP contribution in [-0.4, -0.2) is 24.1 Å². The highest BCUT2D eigenvalue weighted by Gasteiger charge is 2.10. The van der Waals surface area contributed by atoms with Crippen molar-refractivity contribution in [3.8, 4) is 0 Å². The van der Waals surface area contributed by atoms with E-state index in [1.54, 1.807) is 0 Å². The third-order valence-electron chi connectivity index (χ3n) is 4.18. The van der Waals surface area contributed by atoms with Crippen molar-refractivity contribution in [2.75, 3.05) is 13.6 Å². The van der Waals surface area contributed by atoms with E-state index in [0.29, 0.717) is 0 Å². The molecule has 2 aromatic rings. The van der Waals surface area contributed by atoms with Crippen molar-refractivity contribution in [1.82, 2.24) is 15.2 Å². The van der Waals surface area contributed by atoms with Crippen LogP contribution in [0.2, 0.25) is 0 Å². The van der Waals surface area contributed by atoms with Gasteiger partial charge in [-0.1, -0.05) is 18.2 Å². The van der Waals surface area contributed by atoms with Crippen LogP contribution in [0.3, 0.4) is 0 Å². The second kappa shape index (κ2) is 7.16. The molecule has 0 amide bonds. The Labute approximate surface area is 132 Å². The number of aryl methyl sites for hydroxylation is 2. The van der Waals surface area contributed by atoms with Crippen LogP contribution in [0.4, 0.5) is 0 Å². The first kappa shape index (κ1) is 14.7. The summed E-state index contributed by atoms with van der Waals surface area (Å²) in [5.41, 5.74) is 4.38. The van der Waals surface area contributed by atoms with Crippen LogP contribution in [0.15, 0.2) is 47.7 Å². The molecule has 0 unspecified atom stereocenters. The number of benzene rings is 1. The molecule has 0 saturated heterocycles. The lowest BCUT2D eigenvalue weighted by molar-refractivity contribution is 0.665. The maximum atomic E-state index is 4.28. The van der Waals surface area contributed by atoms with Crippen molar-refractivity contribution in [1.29, 1.82) is 0 Å². The van der Waals surface area contributed by atoms with Crippen molar-refractivity contribution in [3.63, 3.8) is 0 Å². The van der Waals surface area contributed by atoms with E-state index in [9.17, 15) is 0 Å². The molecule has 116 valence electrons. The molecule has 0 aliphatic heterocycles. The molecule has 0 spiro atoms. The monoisotopic (exact) mass is 296 g/mol. The van der Waals surface area contributed by atoms with Crippen molar-refractivity contribution < 1.29 is 0 Å². The molecule has 1 aromatic carbocycles. The van der Waals surface area contributed by atoms with E-state index < -0.39 is 0 Å². The first-order valence-corrected chi connectivity index (χ1v) is 8.01. The summed E-state index contributed by atoms with van der Waals surface area (Å²) in [6, 6.07) is 10.9. The van der Waals surface area contributed by atoms with Crippen LogP contribution >= 0.6 is 0 Å². The van der Waals surface area contributed by atoms with E-state index in [4.69, 9.17) is 0 Å². The lowest BCUT2D eigenvalue weighted by Gasteiger charge is -2.13. The summed E-state index contributed by atoms with van der Waals surface area (Å²) in [5, 5.41) is 6.73. The number of aliphatic imine (C=N–C) groups is 1. The number of fused-ring (bicyclic) bond motifs is 1. The molecule has 22 heavy (non-hydrogen) atoms. The van der Waals surface area contributed by atoms with Gasteiger partial charge in [0.2, 0.25) is 0 Å². The Morgan fingerprint density at radius 2 is 1.95 bits per heavy atom. The highest BCUT2D eigenvalue weighted by Crippen LogP contribution is 2.22. The van der Waals surface area contributed by atoms with Crippen molar-refractivity contribution >= 4 is 5.96 Å². The molecule has 1 aliphatic carbocycles. The number of rotatable bonds is 5. The van der Waals surface area contributed by atoms with Gasteiger partial charge in [0.1, 0.15) is 0 Å². The van der Waals surface area contributed by atoms with Crippen LogP contribution in [0.1, 0.15) is 23.1 Å². The molecule has 3 rings (SSSR count). The van der Waals surface area contributed by atoms with Crippen LogP contribution in [0.5, 0.6) is 0 Å². The van der Waals surface area contributed by atoms with Gasteiger partial charge in [0.15, 0.2) is 5.96 Å². The lowest BCUT2D eigenvalue weighted by atomic mass is 10.1. The summed E-state index contributed by atoms with van der Waals surface area (Å²) < 4.78 is 2.15. The predicted molar refractivity (Wildman–Crippen MR) is 91.1 cm³/mol. The molecule has 0 fully saturated rings. The molecule has 1 heterocycles. The molecule has 0 bridgehead atoms. The van der Waals surface area contributed by atoms with E-state index in [2.05, 4.69) is 50.8 Å². The summed E-state index contributed by atoms with van der Waals surface area (Å²) in [5.74, 6) is 0.854. The van der Waals surface area contributed by atoms with Crippen LogP contribution in [0.25, 0.3) is 0 Å². The molecule has 1 aliphatic rings. The molecule has 4 heteroatoms. The minimum Gasteiger partial charge on any atom is -0.355 e. The minimum absolute atomic E-state index is 0.816. The van der Waals surface area contributed by atoms with Crippen LogP contribution in [-0.2, 0) is 25.9 Å². The standard InChI is InChI=1S/C18H24N4/c1-19-18(20-9-12-22-10-2-3-11-22)21-14-15-7-8-16-5-4-6-17(16)13-15/h2-3,7-8,10-11,13H,4-6,9,12,14H2,1H3,(H2,19,20,21). The van der Waals surface area contributed by atoms with Gasteiger partial charge in [-0.3, -0.25) is 4.99 Å². The second-order valence-corrected chi connectivity index (χ2v) is 5.73. The Morgan fingerprint density at radius 1 is 1.14 bits per heavy atom. The topological polar surface area (TPSA) is 41.4 Å². The molecule has 0 radical (unpaired) electrons. The number of guanidine groups is 1. The summed E-state index contributed by atoms with van der Waals surface area (Å²) >= 11 is 0. The van der Waals surface area contributed by atoms with Crippen LogP contribution < -0.4 is 10.6 Å². The van der Waals surface area contributed by atoms with Crippen molar-refractivity contribution in [2.45, 2.75) is 32.4 Å². The normalized spacial score (nSPS) is 14.0. The number of hydrogen-bond acceptors (Lipinski definition) is 1. The summed E-state index contributed by atoms with van der Waals surface area (Å²) in [7, 11) is 1.81. The van der Waals surface area contributed by atoms with Gasteiger partial charge in [-0.25, -0.2) is 0 Å². The second-order valence-electron chi connectivity index (χ2n) is 5.73. The first-order chi connectivity index (χ1) is 10.8. The zero-order valence-corrected chi connectivity index (χ0v) is 13.2. The SMILES string of the molecule is CN=C(NCCn1cccc1)NCc1ccc2c(c1)CCC2. The zero-order valence-electron chi connectivity index (χ0n) is 13.2. The Kier molecular flexibility index (Phi) is 4.78. The number of nitrogens with one attached hydrogen (secondary N) is 2. The lowest BCUT2D eigenvalue weighted by Crippen LogP contribution is -2.38. The van der Waals surface area contributed by atoms with Crippen molar-refractivity contribution in [2.24, 2.45) is 4.99 Å². The van der Waals surface area contributed by atoms with Crippen molar-refractivity contribution in [3.05, 3.63) is 59.4 Å².